The van der Waals surface area contributed by atoms with Gasteiger partial charge in [0, 0.05) is 11.8 Å². The fourth-order valence-corrected chi connectivity index (χ4v) is 1.95. The molecule has 0 aliphatic carbocycles. The summed E-state index contributed by atoms with van der Waals surface area (Å²) in [5.74, 6) is 0.0659. The number of nitrogens with two attached hydrogens (primary N) is 1. The summed E-state index contributed by atoms with van der Waals surface area (Å²) in [6.45, 7) is 1.69. The molecule has 7 heteroatoms. The Labute approximate surface area is 88.1 Å². The van der Waals surface area contributed by atoms with Crippen molar-refractivity contribution in [3.8, 4) is 11.6 Å². The van der Waals surface area contributed by atoms with E-state index in [1.165, 1.54) is 20.3 Å². The Kier molecular flexibility index (Phi) is 3.15. The molecule has 0 saturated carbocycles. The molecule has 84 valence electrons. The summed E-state index contributed by atoms with van der Waals surface area (Å²) in [6, 6.07) is 1.47. The molecule has 0 aromatic carbocycles. The molecule has 1 rings (SSSR count). The third-order valence-corrected chi connectivity index (χ3v) is 2.68. The molecule has 0 radical (unpaired) electrons. The van der Waals surface area contributed by atoms with Crippen LogP contribution in [-0.2, 0) is 10.0 Å². The monoisotopic (exact) mass is 232 g/mol. The summed E-state index contributed by atoms with van der Waals surface area (Å²) in [7, 11) is -1.25. The van der Waals surface area contributed by atoms with E-state index in [1.54, 1.807) is 6.92 Å². The average molecular weight is 232 g/mol. The molecule has 1 aromatic rings. The molecule has 0 saturated heterocycles. The van der Waals surface area contributed by atoms with Gasteiger partial charge in [-0.05, 0) is 6.92 Å². The smallest absolute Gasteiger partial charge is 0.247 e. The maximum atomic E-state index is 11.3. The van der Waals surface area contributed by atoms with Crippen LogP contribution in [0.5, 0.6) is 11.6 Å². The molecule has 6 nitrogen and oxygen atoms in total. The van der Waals surface area contributed by atoms with Crippen LogP contribution in [0.15, 0.2) is 11.0 Å². The van der Waals surface area contributed by atoms with Crippen LogP contribution in [0.2, 0.25) is 0 Å². The van der Waals surface area contributed by atoms with Gasteiger partial charge in [-0.25, -0.2) is 18.5 Å². The number of hydrogen-bond acceptors (Lipinski definition) is 5. The highest BCUT2D eigenvalue weighted by atomic mass is 32.2. The highest BCUT2D eigenvalue weighted by Gasteiger charge is 2.23. The summed E-state index contributed by atoms with van der Waals surface area (Å²) >= 11 is 0. The summed E-state index contributed by atoms with van der Waals surface area (Å²) in [5.41, 5.74) is 0.580. The first-order valence-corrected chi connectivity index (χ1v) is 5.57. The molecule has 0 fully saturated rings. The van der Waals surface area contributed by atoms with Gasteiger partial charge in [-0.1, -0.05) is 0 Å². The van der Waals surface area contributed by atoms with Gasteiger partial charge in [0.15, 0.2) is 4.90 Å². The van der Waals surface area contributed by atoms with E-state index in [0.717, 1.165) is 0 Å². The van der Waals surface area contributed by atoms with Gasteiger partial charge in [-0.15, -0.1) is 0 Å². The van der Waals surface area contributed by atoms with Gasteiger partial charge in [0.1, 0.15) is 5.75 Å². The van der Waals surface area contributed by atoms with Gasteiger partial charge in [0.05, 0.1) is 14.2 Å². The van der Waals surface area contributed by atoms with Crippen molar-refractivity contribution < 1.29 is 17.9 Å². The Morgan fingerprint density at radius 3 is 2.33 bits per heavy atom. The number of aryl methyl sites for hydroxylation is 1. The van der Waals surface area contributed by atoms with Gasteiger partial charge >= 0.3 is 0 Å². The minimum atomic E-state index is -3.92. The Morgan fingerprint density at radius 1 is 1.33 bits per heavy atom. The molecule has 0 amide bonds. The molecule has 15 heavy (non-hydrogen) atoms. The molecule has 0 bridgehead atoms. The van der Waals surface area contributed by atoms with Crippen molar-refractivity contribution in [3.63, 3.8) is 0 Å². The molecular weight excluding hydrogens is 220 g/mol. The lowest BCUT2D eigenvalue weighted by atomic mass is 10.3. The average Bonchev–Trinajstić information content (AvgIpc) is 2.14. The predicted molar refractivity (Wildman–Crippen MR) is 53.5 cm³/mol. The molecule has 0 aliphatic heterocycles. The summed E-state index contributed by atoms with van der Waals surface area (Å²) < 4.78 is 32.3. The highest BCUT2D eigenvalue weighted by molar-refractivity contribution is 7.89. The van der Waals surface area contributed by atoms with Crippen LogP contribution in [-0.4, -0.2) is 27.6 Å². The van der Waals surface area contributed by atoms with Crippen LogP contribution >= 0.6 is 0 Å². The molecule has 0 unspecified atom stereocenters. The Bertz CT molecular complexity index is 445. The van der Waals surface area contributed by atoms with Crippen LogP contribution in [0, 0.1) is 6.92 Å². The molecule has 0 spiro atoms. The highest BCUT2D eigenvalue weighted by Crippen LogP contribution is 2.30. The molecule has 2 N–H and O–H groups in total. The van der Waals surface area contributed by atoms with E-state index in [9.17, 15) is 8.42 Å². The lowest BCUT2D eigenvalue weighted by Crippen LogP contribution is -2.15. The number of ether oxygens (including phenoxy) is 2. The van der Waals surface area contributed by atoms with Crippen LogP contribution < -0.4 is 14.6 Å². The van der Waals surface area contributed by atoms with Crippen molar-refractivity contribution in [1.82, 2.24) is 4.98 Å². The van der Waals surface area contributed by atoms with Gasteiger partial charge in [-0.2, -0.15) is 0 Å². The first-order valence-electron chi connectivity index (χ1n) is 4.02. The number of rotatable bonds is 3. The maximum Gasteiger partial charge on any atom is 0.247 e. The Balaban J connectivity index is 3.59. The van der Waals surface area contributed by atoms with E-state index in [2.05, 4.69) is 4.98 Å². The van der Waals surface area contributed by atoms with Gasteiger partial charge < -0.3 is 9.47 Å². The molecule has 1 aromatic heterocycles. The minimum Gasteiger partial charge on any atom is -0.495 e. The maximum absolute atomic E-state index is 11.3. The van der Waals surface area contributed by atoms with E-state index >= 15 is 0 Å². The zero-order valence-corrected chi connectivity index (χ0v) is 9.46. The Morgan fingerprint density at radius 2 is 1.93 bits per heavy atom. The second-order valence-electron chi connectivity index (χ2n) is 2.85. The zero-order valence-electron chi connectivity index (χ0n) is 8.64. The second-order valence-corrected chi connectivity index (χ2v) is 4.35. The van der Waals surface area contributed by atoms with E-state index in [1.807, 2.05) is 0 Å². The van der Waals surface area contributed by atoms with Crippen molar-refractivity contribution in [2.24, 2.45) is 5.14 Å². The van der Waals surface area contributed by atoms with E-state index < -0.39 is 10.0 Å². The topological polar surface area (TPSA) is 91.5 Å². The third-order valence-electron chi connectivity index (χ3n) is 1.73. The number of pyridine rings is 1. The Hall–Kier alpha value is -1.34. The minimum absolute atomic E-state index is 0.0608. The lowest BCUT2D eigenvalue weighted by Gasteiger charge is -2.10. The fourth-order valence-electron chi connectivity index (χ4n) is 1.16. The molecule has 0 aliphatic rings. The van der Waals surface area contributed by atoms with Gasteiger partial charge in [0.2, 0.25) is 15.9 Å². The number of nitrogens with zero attached hydrogens (tertiary/aromatic N) is 1. The number of hydrogen-bond donors (Lipinski definition) is 1. The summed E-state index contributed by atoms with van der Waals surface area (Å²) in [5, 5.41) is 5.03. The summed E-state index contributed by atoms with van der Waals surface area (Å²) in [6.07, 6.45) is 0. The van der Waals surface area contributed by atoms with Crippen LogP contribution in [0.3, 0.4) is 0 Å². The predicted octanol–water partition coefficient (Wildman–Crippen LogP) is 0.0546. The van der Waals surface area contributed by atoms with Crippen LogP contribution in [0.1, 0.15) is 5.69 Å². The summed E-state index contributed by atoms with van der Waals surface area (Å²) in [4.78, 5) is 3.67. The number of primary sulfonamides is 1. The van der Waals surface area contributed by atoms with Crippen LogP contribution in [0.4, 0.5) is 0 Å². The standard InChI is InChI=1S/C8H12N2O4S/c1-5-4-6(13-2)7(15(9,11)12)8(10-5)14-3/h4H,1-3H3,(H2,9,11,12). The van der Waals surface area contributed by atoms with Gasteiger partial charge in [-0.3, -0.25) is 0 Å². The van der Waals surface area contributed by atoms with Gasteiger partial charge in [0.25, 0.3) is 0 Å². The van der Waals surface area contributed by atoms with Crippen molar-refractivity contribution in [3.05, 3.63) is 11.8 Å². The van der Waals surface area contributed by atoms with E-state index in [0.29, 0.717) is 5.69 Å². The fraction of sp³-hybridized carbons (Fsp3) is 0.375. The van der Waals surface area contributed by atoms with E-state index in [-0.39, 0.29) is 16.5 Å². The normalized spacial score (nSPS) is 11.2. The van der Waals surface area contributed by atoms with Crippen molar-refractivity contribution in [2.45, 2.75) is 11.8 Å². The third kappa shape index (κ3) is 2.37. The first-order chi connectivity index (χ1) is 6.90. The van der Waals surface area contributed by atoms with Crippen molar-refractivity contribution in [1.29, 1.82) is 0 Å². The molecule has 1 heterocycles. The molecular formula is C8H12N2O4S. The largest absolute Gasteiger partial charge is 0.495 e. The lowest BCUT2D eigenvalue weighted by molar-refractivity contribution is 0.360. The first kappa shape index (κ1) is 11.7. The van der Waals surface area contributed by atoms with E-state index in [4.69, 9.17) is 14.6 Å². The zero-order chi connectivity index (χ0) is 11.6. The van der Waals surface area contributed by atoms with Crippen molar-refractivity contribution in [2.75, 3.05) is 14.2 Å². The number of methoxy groups -OCH3 is 2. The quantitative estimate of drug-likeness (QED) is 0.795. The number of aromatic nitrogens is 1. The molecule has 0 atom stereocenters. The number of sulfonamides is 1. The SMILES string of the molecule is COc1cc(C)nc(OC)c1S(N)(=O)=O. The van der Waals surface area contributed by atoms with Crippen molar-refractivity contribution >= 4 is 10.0 Å². The second kappa shape index (κ2) is 4.03. The van der Waals surface area contributed by atoms with Crippen LogP contribution in [0.25, 0.3) is 0 Å².